The number of thiazole rings is 1. The van der Waals surface area contributed by atoms with E-state index in [1.165, 1.54) is 18.7 Å². The Morgan fingerprint density at radius 2 is 1.59 bits per heavy atom. The van der Waals surface area contributed by atoms with E-state index in [2.05, 4.69) is 31.6 Å². The summed E-state index contributed by atoms with van der Waals surface area (Å²) in [5.41, 5.74) is 0.818. The Kier molecular flexibility index (Phi) is 32.5. The molecule has 1 aromatic heterocycles. The molecule has 0 saturated carbocycles. The van der Waals surface area contributed by atoms with E-state index in [9.17, 15) is 48.3 Å². The Bertz CT molecular complexity index is 2550. The molecule has 8 atom stereocenters. The van der Waals surface area contributed by atoms with Crippen LogP contribution >= 0.6 is 23.1 Å². The van der Waals surface area contributed by atoms with Crippen molar-refractivity contribution < 1.29 is 67.3 Å². The Labute approximate surface area is 516 Å². The molecule has 0 bridgehead atoms. The number of aryl methyl sites for hydroxylation is 1. The van der Waals surface area contributed by atoms with Crippen LogP contribution in [0.2, 0.25) is 0 Å². The molecule has 3 rings (SSSR count). The molecule has 86 heavy (non-hydrogen) atoms. The number of benzene rings is 1. The maximum atomic E-state index is 15.1. The number of ether oxygens (including phenoxy) is 3. The smallest absolute Gasteiger partial charge is 0.306 e. The summed E-state index contributed by atoms with van der Waals surface area (Å²) in [7, 11) is 3.25. The van der Waals surface area contributed by atoms with Crippen LogP contribution in [0.15, 0.2) is 29.6 Å². The number of carbonyl (C=O) groups is 10. The van der Waals surface area contributed by atoms with Gasteiger partial charge in [0.05, 0.1) is 36.5 Å². The highest BCUT2D eigenvalue weighted by Crippen LogP contribution is 2.32. The number of methoxy groups -OCH3 is 1. The monoisotopic (exact) mass is 1240 g/mol. The lowest BCUT2D eigenvalue weighted by Gasteiger charge is -2.41. The molecule has 1 aromatic carbocycles. The normalized spacial score (nSPS) is 15.9. The van der Waals surface area contributed by atoms with Crippen LogP contribution in [0.1, 0.15) is 159 Å². The second-order valence-corrected chi connectivity index (χ2v) is 25.0. The van der Waals surface area contributed by atoms with Crippen LogP contribution in [0.4, 0.5) is 0 Å². The van der Waals surface area contributed by atoms with Gasteiger partial charge in [-0.05, 0) is 90.0 Å². The largest absolute Gasteiger partial charge is 0.481 e. The minimum atomic E-state index is -1.25. The van der Waals surface area contributed by atoms with E-state index in [0.717, 1.165) is 27.4 Å². The van der Waals surface area contributed by atoms with Crippen molar-refractivity contribution in [3.63, 3.8) is 0 Å². The number of hydrogen-bond acceptors (Lipinski definition) is 17. The van der Waals surface area contributed by atoms with Gasteiger partial charge in [-0.25, -0.2) is 4.98 Å². The summed E-state index contributed by atoms with van der Waals surface area (Å²) in [5.74, 6) is -5.87. The fourth-order valence-corrected chi connectivity index (χ4v) is 11.2. The number of hydrogen-bond donors (Lipinski definition) is 6. The van der Waals surface area contributed by atoms with Crippen molar-refractivity contribution in [1.82, 2.24) is 46.3 Å². The Morgan fingerprint density at radius 1 is 0.895 bits per heavy atom. The van der Waals surface area contributed by atoms with Gasteiger partial charge in [0.15, 0.2) is 6.10 Å². The number of amides is 8. The fraction of sp³-hybridized carbons (Fsp3) is 0.689. The molecule has 2 aromatic rings. The standard InChI is InChI=1S/C61H97N9O14S2/c1-14-27-69(47(38(3)4)35-48(84-42(8)71)56-66-46(37-86-56)55(76)64-44(33-41(7)59(79)80)34-43-21-19-39(5)20-22-43)58(78)53(40(6)15-2)67-60(81)61(9,10)68(11)28-23-51(73)65-45(54(75)63-26-30-83-32-31-82-12)18-16-17-25-62-50(72)24-29-70-52(74)36-49(85-13)57(70)77/h19-22,37-38,40-41,44-45,47-49,53H,14-18,23-36H2,1-13H3,(H,62,72)(H,63,75)(H,64,76)(H,65,73)(H,67,81)(H,79,80)/t40?,41?,44-,45?,47-,48-,49?,53+/m1/s1. The number of unbranched alkanes of at least 4 members (excludes halogenated alkanes) is 1. The van der Waals surface area contributed by atoms with Gasteiger partial charge in [-0.15, -0.1) is 11.3 Å². The lowest BCUT2D eigenvalue weighted by molar-refractivity contribution is -0.150. The third-order valence-corrected chi connectivity index (χ3v) is 17.5. The van der Waals surface area contributed by atoms with Crippen molar-refractivity contribution in [3.05, 3.63) is 51.5 Å². The van der Waals surface area contributed by atoms with Crippen molar-refractivity contribution in [1.29, 1.82) is 0 Å². The minimum Gasteiger partial charge on any atom is -0.481 e. The highest BCUT2D eigenvalue weighted by atomic mass is 32.2. The summed E-state index contributed by atoms with van der Waals surface area (Å²) in [6, 6.07) is 4.82. The average molecular weight is 1240 g/mol. The molecule has 0 aliphatic carbocycles. The zero-order valence-corrected chi connectivity index (χ0v) is 54.5. The van der Waals surface area contributed by atoms with Crippen LogP contribution in [-0.2, 0) is 63.8 Å². The molecule has 482 valence electrons. The molecule has 1 saturated heterocycles. The van der Waals surface area contributed by atoms with Crippen LogP contribution in [0, 0.1) is 24.7 Å². The molecule has 4 unspecified atom stereocenters. The molecule has 6 N–H and O–H groups in total. The number of imide groups is 1. The number of likely N-dealkylation sites (tertiary alicyclic amines) is 1. The van der Waals surface area contributed by atoms with E-state index < -0.39 is 82.5 Å². The van der Waals surface area contributed by atoms with Crippen molar-refractivity contribution in [2.24, 2.45) is 17.8 Å². The maximum absolute atomic E-state index is 15.1. The van der Waals surface area contributed by atoms with Crippen LogP contribution in [-0.4, -0.2) is 192 Å². The van der Waals surface area contributed by atoms with E-state index in [1.54, 1.807) is 56.4 Å². The molecule has 0 spiro atoms. The number of esters is 1. The highest BCUT2D eigenvalue weighted by Gasteiger charge is 2.41. The molecule has 1 aliphatic rings. The van der Waals surface area contributed by atoms with Gasteiger partial charge in [-0.1, -0.05) is 77.8 Å². The van der Waals surface area contributed by atoms with Gasteiger partial charge in [-0.3, -0.25) is 57.7 Å². The van der Waals surface area contributed by atoms with Gasteiger partial charge < -0.3 is 50.8 Å². The maximum Gasteiger partial charge on any atom is 0.306 e. The molecule has 2 heterocycles. The number of nitrogens with one attached hydrogen (secondary N) is 5. The number of carboxylic acid groups (broad SMARTS) is 1. The zero-order valence-electron chi connectivity index (χ0n) is 52.9. The van der Waals surface area contributed by atoms with Crippen molar-refractivity contribution >= 4 is 82.3 Å². The zero-order chi connectivity index (χ0) is 64.3. The molecule has 1 aliphatic heterocycles. The lowest BCUT2D eigenvalue weighted by atomic mass is 9.91. The first-order chi connectivity index (χ1) is 40.7. The van der Waals surface area contributed by atoms with E-state index in [1.807, 2.05) is 65.8 Å². The number of aromatic nitrogens is 1. The quantitative estimate of drug-likeness (QED) is 0.0282. The van der Waals surface area contributed by atoms with Gasteiger partial charge in [0.25, 0.3) is 5.91 Å². The summed E-state index contributed by atoms with van der Waals surface area (Å²) in [4.78, 5) is 142. The SMILES string of the molecule is CCCN(C(=O)[C@@H](NC(=O)C(C)(C)N(C)CCC(=O)NC(CCCCNC(=O)CCN1C(=O)CC(SC)C1=O)C(=O)NCCOCCOC)C(C)CC)[C@H](C[C@@H](OC(C)=O)c1nc(C(=O)N[C@@H](Cc2ccc(C)cc2)CC(C)C(=O)O)cs1)C(C)C. The van der Waals surface area contributed by atoms with Crippen LogP contribution in [0.25, 0.3) is 0 Å². The fourth-order valence-electron chi connectivity index (χ4n) is 9.71. The van der Waals surface area contributed by atoms with Gasteiger partial charge >= 0.3 is 11.9 Å². The number of likely N-dealkylation sites (N-methyl/N-ethyl adjacent to an activating group) is 1. The lowest BCUT2D eigenvalue weighted by Crippen LogP contribution is -2.61. The predicted molar refractivity (Wildman–Crippen MR) is 330 cm³/mol. The molecule has 23 nitrogen and oxygen atoms in total. The summed E-state index contributed by atoms with van der Waals surface area (Å²) in [6.45, 7) is 19.7. The summed E-state index contributed by atoms with van der Waals surface area (Å²) < 4.78 is 16.4. The Hall–Kier alpha value is -6.02. The first kappa shape index (κ1) is 74.2. The third-order valence-electron chi connectivity index (χ3n) is 15.6. The summed E-state index contributed by atoms with van der Waals surface area (Å²) >= 11 is 2.44. The second-order valence-electron chi connectivity index (χ2n) is 23.1. The van der Waals surface area contributed by atoms with Gasteiger partial charge in [0, 0.05) is 89.9 Å². The van der Waals surface area contributed by atoms with Crippen molar-refractivity contribution in [2.45, 2.75) is 181 Å². The molecular formula is C61H97N9O14S2. The van der Waals surface area contributed by atoms with E-state index in [4.69, 9.17) is 14.2 Å². The first-order valence-electron chi connectivity index (χ1n) is 30.0. The number of aliphatic carboxylic acids is 1. The minimum absolute atomic E-state index is 0.000517. The van der Waals surface area contributed by atoms with Gasteiger partial charge in [0.1, 0.15) is 22.8 Å². The molecule has 1 fully saturated rings. The number of rotatable bonds is 41. The second kappa shape index (κ2) is 37.6. The highest BCUT2D eigenvalue weighted by molar-refractivity contribution is 8.00. The number of carbonyl (C=O) groups excluding carboxylic acids is 9. The summed E-state index contributed by atoms with van der Waals surface area (Å²) in [5, 5.41) is 25.7. The van der Waals surface area contributed by atoms with Crippen LogP contribution < -0.4 is 26.6 Å². The molecule has 25 heteroatoms. The van der Waals surface area contributed by atoms with E-state index in [-0.39, 0.29) is 112 Å². The predicted octanol–water partition coefficient (Wildman–Crippen LogP) is 5.22. The summed E-state index contributed by atoms with van der Waals surface area (Å²) in [6.07, 6.45) is 3.77. The first-order valence-corrected chi connectivity index (χ1v) is 32.2. The van der Waals surface area contributed by atoms with Crippen LogP contribution in [0.5, 0.6) is 0 Å². The number of thioether (sulfide) groups is 1. The number of nitrogens with zero attached hydrogens (tertiary/aromatic N) is 4. The van der Waals surface area contributed by atoms with Crippen LogP contribution in [0.3, 0.4) is 0 Å². The van der Waals surface area contributed by atoms with E-state index in [0.29, 0.717) is 56.9 Å². The Morgan fingerprint density at radius 3 is 2.20 bits per heavy atom. The third kappa shape index (κ3) is 24.3. The van der Waals surface area contributed by atoms with Crippen molar-refractivity contribution in [2.75, 3.05) is 73.0 Å². The number of carboxylic acids is 1. The molecule has 0 radical (unpaired) electrons. The Balaban J connectivity index is 1.73. The average Bonchev–Trinajstić information content (AvgIpc) is 2.73. The van der Waals surface area contributed by atoms with Gasteiger partial charge in [0.2, 0.25) is 41.4 Å². The molecular weight excluding hydrogens is 1150 g/mol. The van der Waals surface area contributed by atoms with E-state index >= 15 is 4.79 Å². The van der Waals surface area contributed by atoms with Gasteiger partial charge in [-0.2, -0.15) is 11.8 Å². The topological polar surface area (TPSA) is 301 Å². The van der Waals surface area contributed by atoms with Crippen molar-refractivity contribution in [3.8, 4) is 0 Å². The molecule has 8 amide bonds.